The quantitative estimate of drug-likeness (QED) is 0.799. The first kappa shape index (κ1) is 16.0. The minimum atomic E-state index is 0.419. The molecule has 23 heavy (non-hydrogen) atoms. The first-order valence-electron chi connectivity index (χ1n) is 9.10. The minimum absolute atomic E-state index is 0.419. The molecule has 0 N–H and O–H groups in total. The van der Waals surface area contributed by atoms with Crippen molar-refractivity contribution in [1.82, 2.24) is 9.88 Å². The molecule has 4 nitrogen and oxygen atoms in total. The largest absolute Gasteiger partial charge is 0.381 e. The van der Waals surface area contributed by atoms with Crippen molar-refractivity contribution >= 4 is 11.3 Å². The molecule has 2 atom stereocenters. The molecule has 1 aliphatic carbocycles. The average molecular weight is 337 g/mol. The molecular formula is C18H28N2O2S. The average Bonchev–Trinajstić information content (AvgIpc) is 3.25. The Bertz CT molecular complexity index is 489. The van der Waals surface area contributed by atoms with Gasteiger partial charge in [0.05, 0.1) is 13.2 Å². The number of thiazole rings is 1. The van der Waals surface area contributed by atoms with E-state index in [1.54, 1.807) is 11.3 Å². The molecule has 1 saturated carbocycles. The van der Waals surface area contributed by atoms with Crippen molar-refractivity contribution < 1.29 is 9.47 Å². The van der Waals surface area contributed by atoms with Crippen LogP contribution in [0.4, 0.5) is 0 Å². The summed E-state index contributed by atoms with van der Waals surface area (Å²) in [5.41, 5.74) is 0.419. The summed E-state index contributed by atoms with van der Waals surface area (Å²) >= 11 is 1.78. The summed E-state index contributed by atoms with van der Waals surface area (Å²) < 4.78 is 11.7. The van der Waals surface area contributed by atoms with E-state index in [1.165, 1.54) is 50.2 Å². The molecular weight excluding hydrogens is 308 g/mol. The van der Waals surface area contributed by atoms with Crippen molar-refractivity contribution in [1.29, 1.82) is 0 Å². The van der Waals surface area contributed by atoms with Crippen molar-refractivity contribution in [3.05, 3.63) is 16.6 Å². The number of hydrogen-bond donors (Lipinski definition) is 0. The van der Waals surface area contributed by atoms with Gasteiger partial charge in [0.1, 0.15) is 5.01 Å². The zero-order chi connectivity index (χ0) is 15.5. The summed E-state index contributed by atoms with van der Waals surface area (Å²) in [7, 11) is 0. The van der Waals surface area contributed by atoms with Crippen molar-refractivity contribution in [3.8, 4) is 0 Å². The first-order chi connectivity index (χ1) is 11.3. The molecule has 0 radical (unpaired) electrons. The van der Waals surface area contributed by atoms with E-state index in [2.05, 4.69) is 15.3 Å². The van der Waals surface area contributed by atoms with Gasteiger partial charge in [-0.05, 0) is 37.5 Å². The maximum Gasteiger partial charge on any atom is 0.107 e. The highest BCUT2D eigenvalue weighted by atomic mass is 32.1. The van der Waals surface area contributed by atoms with Gasteiger partial charge in [-0.15, -0.1) is 11.3 Å². The van der Waals surface area contributed by atoms with Crippen LogP contribution in [0.3, 0.4) is 0 Å². The molecule has 0 aromatic carbocycles. The second-order valence-electron chi connectivity index (χ2n) is 7.62. The topological polar surface area (TPSA) is 34.6 Å². The van der Waals surface area contributed by atoms with Gasteiger partial charge in [0, 0.05) is 49.9 Å². The van der Waals surface area contributed by atoms with Crippen LogP contribution in [0.5, 0.6) is 0 Å². The van der Waals surface area contributed by atoms with Crippen molar-refractivity contribution in [2.24, 2.45) is 17.3 Å². The summed E-state index contributed by atoms with van der Waals surface area (Å²) in [5, 5.41) is 3.34. The third-order valence-corrected chi connectivity index (χ3v) is 6.80. The van der Waals surface area contributed by atoms with E-state index in [9.17, 15) is 0 Å². The lowest BCUT2D eigenvalue weighted by molar-refractivity contribution is -0.0127. The SMILES string of the molecule is c1csc(CN2C[C@H]3CCC[C@@]3(COCC3CCOCC3)C2)n1. The Hall–Kier alpha value is -0.490. The van der Waals surface area contributed by atoms with Crippen LogP contribution in [0.2, 0.25) is 0 Å². The molecule has 3 aliphatic rings. The predicted octanol–water partition coefficient (Wildman–Crippen LogP) is 3.19. The number of hydrogen-bond acceptors (Lipinski definition) is 5. The molecule has 128 valence electrons. The maximum absolute atomic E-state index is 6.25. The van der Waals surface area contributed by atoms with Crippen LogP contribution in [0.1, 0.15) is 37.1 Å². The normalized spacial score (nSPS) is 32.4. The summed E-state index contributed by atoms with van der Waals surface area (Å²) in [6.45, 7) is 7.20. The van der Waals surface area contributed by atoms with Crippen molar-refractivity contribution in [3.63, 3.8) is 0 Å². The number of fused-ring (bicyclic) bond motifs is 1. The number of aromatic nitrogens is 1. The molecule has 3 fully saturated rings. The molecule has 3 heterocycles. The summed E-state index contributed by atoms with van der Waals surface area (Å²) in [5.74, 6) is 1.55. The van der Waals surface area contributed by atoms with Gasteiger partial charge < -0.3 is 9.47 Å². The predicted molar refractivity (Wildman–Crippen MR) is 91.5 cm³/mol. The van der Waals surface area contributed by atoms with Crippen LogP contribution < -0.4 is 0 Å². The van der Waals surface area contributed by atoms with Gasteiger partial charge in [0.2, 0.25) is 0 Å². The Morgan fingerprint density at radius 3 is 3.09 bits per heavy atom. The molecule has 0 bridgehead atoms. The lowest BCUT2D eigenvalue weighted by atomic mass is 9.81. The third-order valence-electron chi connectivity index (χ3n) is 6.04. The van der Waals surface area contributed by atoms with Gasteiger partial charge in [0.25, 0.3) is 0 Å². The molecule has 0 amide bonds. The van der Waals surface area contributed by atoms with E-state index in [0.717, 1.165) is 38.9 Å². The van der Waals surface area contributed by atoms with Gasteiger partial charge in [-0.2, -0.15) is 0 Å². The molecule has 4 rings (SSSR count). The fraction of sp³-hybridized carbons (Fsp3) is 0.833. The Morgan fingerprint density at radius 2 is 2.26 bits per heavy atom. The van der Waals surface area contributed by atoms with E-state index in [4.69, 9.17) is 9.47 Å². The standard InChI is InChI=1S/C18H28N2O2S/c1-2-16-10-20(11-17-19-6-9-23-17)13-18(16,5-1)14-22-12-15-3-7-21-8-4-15/h6,9,15-16H,1-5,7-8,10-14H2/t16-,18+/m1/s1. The zero-order valence-corrected chi connectivity index (χ0v) is 14.7. The molecule has 0 unspecified atom stereocenters. The highest BCUT2D eigenvalue weighted by Crippen LogP contribution is 2.49. The smallest absolute Gasteiger partial charge is 0.107 e. The Morgan fingerprint density at radius 1 is 1.35 bits per heavy atom. The lowest BCUT2D eigenvalue weighted by Gasteiger charge is -2.30. The lowest BCUT2D eigenvalue weighted by Crippen LogP contribution is -2.33. The Balaban J connectivity index is 1.30. The monoisotopic (exact) mass is 336 g/mol. The van der Waals surface area contributed by atoms with Crippen LogP contribution in [-0.4, -0.2) is 49.4 Å². The third kappa shape index (κ3) is 3.63. The maximum atomic E-state index is 6.25. The van der Waals surface area contributed by atoms with Crippen LogP contribution in [-0.2, 0) is 16.0 Å². The molecule has 2 saturated heterocycles. The van der Waals surface area contributed by atoms with E-state index < -0.39 is 0 Å². The van der Waals surface area contributed by atoms with Crippen LogP contribution >= 0.6 is 11.3 Å². The molecule has 1 aromatic heterocycles. The van der Waals surface area contributed by atoms with Crippen LogP contribution in [0.15, 0.2) is 11.6 Å². The van der Waals surface area contributed by atoms with Gasteiger partial charge in [-0.1, -0.05) is 6.42 Å². The fourth-order valence-corrected chi connectivity index (χ4v) is 5.40. The summed E-state index contributed by atoms with van der Waals surface area (Å²) in [4.78, 5) is 7.07. The van der Waals surface area contributed by atoms with Crippen molar-refractivity contribution in [2.75, 3.05) is 39.5 Å². The van der Waals surface area contributed by atoms with Gasteiger partial charge in [-0.25, -0.2) is 4.98 Å². The fourth-order valence-electron chi connectivity index (χ4n) is 4.75. The van der Waals surface area contributed by atoms with Crippen LogP contribution in [0.25, 0.3) is 0 Å². The number of ether oxygens (including phenoxy) is 2. The van der Waals surface area contributed by atoms with Gasteiger partial charge in [0.15, 0.2) is 0 Å². The summed E-state index contributed by atoms with van der Waals surface area (Å²) in [6, 6.07) is 0. The molecule has 0 spiro atoms. The molecule has 2 aliphatic heterocycles. The zero-order valence-electron chi connectivity index (χ0n) is 13.9. The second kappa shape index (κ2) is 7.18. The number of rotatable bonds is 6. The Labute approximate surface area is 143 Å². The minimum Gasteiger partial charge on any atom is -0.381 e. The highest BCUT2D eigenvalue weighted by Gasteiger charge is 2.49. The van der Waals surface area contributed by atoms with Crippen molar-refractivity contribution in [2.45, 2.75) is 38.6 Å². The van der Waals surface area contributed by atoms with Gasteiger partial charge in [-0.3, -0.25) is 4.90 Å². The molecule has 1 aromatic rings. The van der Waals surface area contributed by atoms with E-state index in [1.807, 2.05) is 6.20 Å². The Kier molecular flexibility index (Phi) is 4.99. The van der Waals surface area contributed by atoms with Gasteiger partial charge >= 0.3 is 0 Å². The van der Waals surface area contributed by atoms with Crippen LogP contribution in [0, 0.1) is 17.3 Å². The summed E-state index contributed by atoms with van der Waals surface area (Å²) in [6.07, 6.45) is 8.38. The second-order valence-corrected chi connectivity index (χ2v) is 8.60. The van der Waals surface area contributed by atoms with E-state index in [0.29, 0.717) is 11.3 Å². The number of nitrogens with zero attached hydrogens (tertiary/aromatic N) is 2. The highest BCUT2D eigenvalue weighted by molar-refractivity contribution is 7.09. The van der Waals surface area contributed by atoms with E-state index in [-0.39, 0.29) is 0 Å². The number of likely N-dealkylation sites (tertiary alicyclic amines) is 1. The van der Waals surface area contributed by atoms with E-state index >= 15 is 0 Å². The molecule has 5 heteroatoms. The first-order valence-corrected chi connectivity index (χ1v) is 9.98.